The van der Waals surface area contributed by atoms with Crippen LogP contribution in [0.3, 0.4) is 0 Å². The fourth-order valence-electron chi connectivity index (χ4n) is 3.55. The molecule has 1 fully saturated rings. The summed E-state index contributed by atoms with van der Waals surface area (Å²) in [4.78, 5) is 14.3. The first kappa shape index (κ1) is 19.9. The van der Waals surface area contributed by atoms with Gasteiger partial charge in [0.1, 0.15) is 11.6 Å². The number of Topliss-reactive ketones (excluding diaryl/α,β-unsaturated/α-hetero) is 1. The molecule has 1 saturated heterocycles. The number of halogens is 3. The molecule has 2 aromatic rings. The molecule has 3 rings (SSSR count). The van der Waals surface area contributed by atoms with Gasteiger partial charge in [-0.15, -0.1) is 0 Å². The Kier molecular flexibility index (Phi) is 6.25. The molecule has 0 bridgehead atoms. The Morgan fingerprint density at radius 2 is 1.67 bits per heavy atom. The van der Waals surface area contributed by atoms with E-state index < -0.39 is 28.6 Å². The smallest absolute Gasteiger partial charge is 0.168 e. The van der Waals surface area contributed by atoms with Crippen LogP contribution in [0.2, 0.25) is 5.02 Å². The van der Waals surface area contributed by atoms with Crippen molar-refractivity contribution < 1.29 is 18.7 Å². The molecule has 2 aromatic carbocycles. The van der Waals surface area contributed by atoms with E-state index in [2.05, 4.69) is 4.90 Å². The number of benzene rings is 2. The summed E-state index contributed by atoms with van der Waals surface area (Å²) in [5.41, 5.74) is -0.460. The monoisotopic (exact) mass is 393 g/mol. The van der Waals surface area contributed by atoms with E-state index in [1.807, 2.05) is 12.1 Å². The van der Waals surface area contributed by atoms with Gasteiger partial charge in [0, 0.05) is 24.5 Å². The number of nitrogens with zero attached hydrogens (tertiary/aromatic N) is 1. The van der Waals surface area contributed by atoms with E-state index in [1.54, 1.807) is 12.1 Å². The molecule has 0 aromatic heterocycles. The second-order valence-electron chi connectivity index (χ2n) is 7.00. The van der Waals surface area contributed by atoms with Crippen molar-refractivity contribution >= 4 is 17.4 Å². The zero-order valence-electron chi connectivity index (χ0n) is 14.9. The van der Waals surface area contributed by atoms with Crippen LogP contribution in [0.1, 0.15) is 41.6 Å². The lowest BCUT2D eigenvalue weighted by Crippen LogP contribution is -2.42. The molecule has 0 saturated carbocycles. The molecule has 0 aliphatic carbocycles. The van der Waals surface area contributed by atoms with Crippen LogP contribution in [0, 0.1) is 11.6 Å². The summed E-state index contributed by atoms with van der Waals surface area (Å²) < 4.78 is 27.3. The second kappa shape index (κ2) is 8.46. The molecule has 1 N–H and O–H groups in total. The van der Waals surface area contributed by atoms with Crippen LogP contribution in [0.25, 0.3) is 0 Å². The molecule has 6 heteroatoms. The number of carbonyl (C=O) groups is 1. The number of piperidine rings is 1. The lowest BCUT2D eigenvalue weighted by molar-refractivity contribution is -0.0260. The van der Waals surface area contributed by atoms with Crippen molar-refractivity contribution in [3.8, 4) is 0 Å². The van der Waals surface area contributed by atoms with Crippen molar-refractivity contribution in [3.05, 3.63) is 70.2 Å². The Morgan fingerprint density at radius 1 is 1.07 bits per heavy atom. The van der Waals surface area contributed by atoms with E-state index in [9.17, 15) is 18.7 Å². The van der Waals surface area contributed by atoms with E-state index in [1.165, 1.54) is 6.07 Å². The molecule has 0 unspecified atom stereocenters. The number of carbonyl (C=O) groups excluding carboxylic acids is 1. The Bertz CT molecular complexity index is 782. The van der Waals surface area contributed by atoms with Crippen LogP contribution in [0.15, 0.2) is 42.5 Å². The molecule has 0 spiro atoms. The van der Waals surface area contributed by atoms with Crippen LogP contribution in [-0.4, -0.2) is 35.4 Å². The van der Waals surface area contributed by atoms with Crippen molar-refractivity contribution in [2.24, 2.45) is 0 Å². The molecular formula is C21H22ClF2NO2. The third kappa shape index (κ3) is 4.72. The molecule has 0 radical (unpaired) electrons. The van der Waals surface area contributed by atoms with Gasteiger partial charge < -0.3 is 10.0 Å². The standard InChI is InChI=1S/C21H22ClF2NO2/c22-16-8-6-15(7-9-16)21(27)10-13-25(14-11-21)12-2-5-19(26)20-17(23)3-1-4-18(20)24/h1,3-4,6-9,27H,2,5,10-14H2. The summed E-state index contributed by atoms with van der Waals surface area (Å²) >= 11 is 5.90. The van der Waals surface area contributed by atoms with Crippen LogP contribution in [0.4, 0.5) is 8.78 Å². The quantitative estimate of drug-likeness (QED) is 0.731. The van der Waals surface area contributed by atoms with Crippen molar-refractivity contribution in [1.82, 2.24) is 4.90 Å². The van der Waals surface area contributed by atoms with Crippen LogP contribution >= 0.6 is 11.6 Å². The van der Waals surface area contributed by atoms with Gasteiger partial charge in [-0.1, -0.05) is 29.8 Å². The van der Waals surface area contributed by atoms with Gasteiger partial charge in [-0.3, -0.25) is 4.79 Å². The summed E-state index contributed by atoms with van der Waals surface area (Å²) in [5, 5.41) is 11.5. The SMILES string of the molecule is O=C(CCCN1CCC(O)(c2ccc(Cl)cc2)CC1)c1c(F)cccc1F. The van der Waals surface area contributed by atoms with Gasteiger partial charge in [0.15, 0.2) is 5.78 Å². The van der Waals surface area contributed by atoms with E-state index in [0.29, 0.717) is 43.9 Å². The fourth-order valence-corrected chi connectivity index (χ4v) is 3.67. The predicted octanol–water partition coefficient (Wildman–Crippen LogP) is 4.56. The lowest BCUT2D eigenvalue weighted by Gasteiger charge is -2.38. The van der Waals surface area contributed by atoms with Crippen LogP contribution < -0.4 is 0 Å². The zero-order valence-corrected chi connectivity index (χ0v) is 15.7. The number of hydrogen-bond donors (Lipinski definition) is 1. The highest BCUT2D eigenvalue weighted by Crippen LogP contribution is 2.33. The average Bonchev–Trinajstić information content (AvgIpc) is 2.64. The molecule has 27 heavy (non-hydrogen) atoms. The summed E-state index contributed by atoms with van der Waals surface area (Å²) in [6, 6.07) is 10.7. The fraction of sp³-hybridized carbons (Fsp3) is 0.381. The average molecular weight is 394 g/mol. The first-order valence-corrected chi connectivity index (χ1v) is 9.45. The number of rotatable bonds is 6. The Morgan fingerprint density at radius 3 is 2.26 bits per heavy atom. The minimum Gasteiger partial charge on any atom is -0.385 e. The maximum Gasteiger partial charge on any atom is 0.168 e. The zero-order chi connectivity index (χ0) is 19.4. The van der Waals surface area contributed by atoms with Crippen LogP contribution in [0.5, 0.6) is 0 Å². The number of hydrogen-bond acceptors (Lipinski definition) is 3. The van der Waals surface area contributed by atoms with E-state index in [-0.39, 0.29) is 6.42 Å². The minimum atomic E-state index is -0.868. The number of likely N-dealkylation sites (tertiary alicyclic amines) is 1. The van der Waals surface area contributed by atoms with Crippen molar-refractivity contribution in [3.63, 3.8) is 0 Å². The molecule has 1 aliphatic rings. The summed E-state index contributed by atoms with van der Waals surface area (Å²) in [6.07, 6.45) is 1.79. The summed E-state index contributed by atoms with van der Waals surface area (Å²) in [6.45, 7) is 2.04. The molecular weight excluding hydrogens is 372 g/mol. The van der Waals surface area contributed by atoms with Gasteiger partial charge in [-0.2, -0.15) is 0 Å². The van der Waals surface area contributed by atoms with Crippen molar-refractivity contribution in [1.29, 1.82) is 0 Å². The van der Waals surface area contributed by atoms with Gasteiger partial charge in [0.05, 0.1) is 11.2 Å². The second-order valence-corrected chi connectivity index (χ2v) is 7.44. The molecule has 1 aliphatic heterocycles. The van der Waals surface area contributed by atoms with Gasteiger partial charge in [-0.05, 0) is 55.6 Å². The number of aliphatic hydroxyl groups is 1. The predicted molar refractivity (Wildman–Crippen MR) is 101 cm³/mol. The largest absolute Gasteiger partial charge is 0.385 e. The third-order valence-corrected chi connectivity index (χ3v) is 5.44. The molecule has 1 heterocycles. The third-order valence-electron chi connectivity index (χ3n) is 5.18. The minimum absolute atomic E-state index is 0.0931. The normalized spacial score (nSPS) is 17.0. The summed E-state index contributed by atoms with van der Waals surface area (Å²) in [5.74, 6) is -2.14. The highest BCUT2D eigenvalue weighted by Gasteiger charge is 2.33. The maximum absolute atomic E-state index is 13.6. The topological polar surface area (TPSA) is 40.5 Å². The van der Waals surface area contributed by atoms with Gasteiger partial charge in [0.2, 0.25) is 0 Å². The van der Waals surface area contributed by atoms with Gasteiger partial charge >= 0.3 is 0 Å². The number of ketones is 1. The Hall–Kier alpha value is -1.82. The van der Waals surface area contributed by atoms with Crippen LogP contribution in [-0.2, 0) is 5.60 Å². The Balaban J connectivity index is 1.48. The van der Waals surface area contributed by atoms with Gasteiger partial charge in [-0.25, -0.2) is 8.78 Å². The molecule has 0 atom stereocenters. The summed E-state index contributed by atoms with van der Waals surface area (Å²) in [7, 11) is 0. The van der Waals surface area contributed by atoms with Crippen molar-refractivity contribution in [2.75, 3.05) is 19.6 Å². The first-order chi connectivity index (χ1) is 12.9. The highest BCUT2D eigenvalue weighted by molar-refractivity contribution is 6.30. The highest BCUT2D eigenvalue weighted by atomic mass is 35.5. The Labute approximate surface area is 162 Å². The van der Waals surface area contributed by atoms with E-state index in [0.717, 1.165) is 17.7 Å². The lowest BCUT2D eigenvalue weighted by atomic mass is 9.84. The van der Waals surface area contributed by atoms with Crippen molar-refractivity contribution in [2.45, 2.75) is 31.3 Å². The van der Waals surface area contributed by atoms with Gasteiger partial charge in [0.25, 0.3) is 0 Å². The molecule has 0 amide bonds. The first-order valence-electron chi connectivity index (χ1n) is 9.07. The van der Waals surface area contributed by atoms with E-state index in [4.69, 9.17) is 11.6 Å². The maximum atomic E-state index is 13.6. The molecule has 144 valence electrons. The molecule has 3 nitrogen and oxygen atoms in total. The van der Waals surface area contributed by atoms with E-state index >= 15 is 0 Å².